The molecule has 0 unspecified atom stereocenters. The van der Waals surface area contributed by atoms with Gasteiger partial charge in [0, 0.05) is 31.9 Å². The van der Waals surface area contributed by atoms with E-state index in [0.29, 0.717) is 18.1 Å². The Morgan fingerprint density at radius 1 is 0.889 bits per heavy atom. The average molecular weight is 550 g/mol. The van der Waals surface area contributed by atoms with E-state index in [0.717, 1.165) is 10.1 Å². The molecule has 1 fully saturated rings. The van der Waals surface area contributed by atoms with Crippen LogP contribution < -0.4 is 5.32 Å². The van der Waals surface area contributed by atoms with Gasteiger partial charge < -0.3 is 9.73 Å². The molecule has 0 bridgehead atoms. The highest BCUT2D eigenvalue weighted by Crippen LogP contribution is 2.25. The zero-order chi connectivity index (χ0) is 25.6. The van der Waals surface area contributed by atoms with Crippen LogP contribution >= 0.6 is 11.8 Å². The molecule has 4 rings (SSSR count). The molecular formula is C24H27N3O6S3. The van der Waals surface area contributed by atoms with E-state index in [1.54, 1.807) is 60.5 Å². The summed E-state index contributed by atoms with van der Waals surface area (Å²) in [6.45, 7) is -0.194. The van der Waals surface area contributed by atoms with Gasteiger partial charge in [0.05, 0.1) is 21.8 Å². The highest BCUT2D eigenvalue weighted by atomic mass is 32.2. The molecule has 0 aliphatic carbocycles. The summed E-state index contributed by atoms with van der Waals surface area (Å²) in [5.74, 6) is 1.50. The van der Waals surface area contributed by atoms with Crippen molar-refractivity contribution in [2.75, 3.05) is 31.9 Å². The van der Waals surface area contributed by atoms with Crippen molar-refractivity contribution in [1.29, 1.82) is 0 Å². The van der Waals surface area contributed by atoms with Crippen LogP contribution in [0.4, 0.5) is 0 Å². The zero-order valence-electron chi connectivity index (χ0n) is 19.4. The lowest BCUT2D eigenvalue weighted by Crippen LogP contribution is -2.61. The van der Waals surface area contributed by atoms with Crippen LogP contribution in [0.15, 0.2) is 93.3 Å². The number of carbonyl (C=O) groups is 1. The number of thioether (sulfide) groups is 1. The number of hydrogen-bond donors (Lipinski definition) is 1. The first-order valence-corrected chi connectivity index (χ1v) is 15.3. The van der Waals surface area contributed by atoms with Crippen molar-refractivity contribution in [1.82, 2.24) is 13.9 Å². The summed E-state index contributed by atoms with van der Waals surface area (Å²) in [7, 11) is -7.92. The lowest BCUT2D eigenvalue weighted by molar-refractivity contribution is -0.125. The monoisotopic (exact) mass is 549 g/mol. The maximum Gasteiger partial charge on any atom is 0.243 e. The van der Waals surface area contributed by atoms with Gasteiger partial charge in [-0.1, -0.05) is 36.4 Å². The molecule has 9 nitrogen and oxygen atoms in total. The van der Waals surface area contributed by atoms with Crippen molar-refractivity contribution < 1.29 is 26.0 Å². The topological polar surface area (TPSA) is 117 Å². The fraction of sp³-hybridized carbons (Fsp3) is 0.292. The lowest BCUT2D eigenvalue weighted by atomic mass is 10.2. The van der Waals surface area contributed by atoms with Gasteiger partial charge in [-0.2, -0.15) is 20.4 Å². The minimum atomic E-state index is -4.02. The van der Waals surface area contributed by atoms with Crippen LogP contribution in [0.5, 0.6) is 0 Å². The van der Waals surface area contributed by atoms with Gasteiger partial charge in [0.2, 0.25) is 26.0 Å². The van der Waals surface area contributed by atoms with E-state index in [1.807, 2.05) is 6.07 Å². The number of nitrogens with zero attached hydrogens (tertiary/aromatic N) is 2. The fourth-order valence-corrected chi connectivity index (χ4v) is 7.67. The number of sulfonamides is 2. The summed E-state index contributed by atoms with van der Waals surface area (Å²) >= 11 is 1.56. The predicted molar refractivity (Wildman–Crippen MR) is 137 cm³/mol. The normalized spacial score (nSPS) is 17.6. The Kier molecular flexibility index (Phi) is 8.52. The van der Waals surface area contributed by atoms with E-state index >= 15 is 0 Å². The summed E-state index contributed by atoms with van der Waals surface area (Å²) in [5.41, 5.74) is 0. The second kappa shape index (κ2) is 11.6. The Hall–Kier alpha value is -2.64. The first kappa shape index (κ1) is 26.4. The molecule has 0 radical (unpaired) electrons. The van der Waals surface area contributed by atoms with Crippen LogP contribution in [0.25, 0.3) is 0 Å². The van der Waals surface area contributed by atoms with Crippen molar-refractivity contribution in [3.63, 3.8) is 0 Å². The molecule has 2 heterocycles. The summed E-state index contributed by atoms with van der Waals surface area (Å²) in [4.78, 5) is 13.4. The summed E-state index contributed by atoms with van der Waals surface area (Å²) in [6, 6.07) is 18.2. The summed E-state index contributed by atoms with van der Waals surface area (Å²) in [6.07, 6.45) is 1.59. The van der Waals surface area contributed by atoms with Gasteiger partial charge in [-0.15, -0.1) is 0 Å². The van der Waals surface area contributed by atoms with E-state index < -0.39 is 32.0 Å². The van der Waals surface area contributed by atoms with E-state index in [4.69, 9.17) is 4.42 Å². The van der Waals surface area contributed by atoms with E-state index in [2.05, 4.69) is 5.32 Å². The average Bonchev–Trinajstić information content (AvgIpc) is 3.42. The second-order valence-corrected chi connectivity index (χ2v) is 13.0. The van der Waals surface area contributed by atoms with Gasteiger partial charge >= 0.3 is 0 Å². The number of hydrogen-bond acceptors (Lipinski definition) is 7. The Balaban J connectivity index is 1.50. The third-order valence-electron chi connectivity index (χ3n) is 5.70. The minimum absolute atomic E-state index is 0.0520. The number of furan rings is 1. The maximum atomic E-state index is 13.4. The van der Waals surface area contributed by atoms with Crippen molar-refractivity contribution in [2.24, 2.45) is 0 Å². The third-order valence-corrected chi connectivity index (χ3v) is 10.5. The van der Waals surface area contributed by atoms with Crippen LogP contribution in [0.1, 0.15) is 5.76 Å². The van der Waals surface area contributed by atoms with Crippen LogP contribution in [-0.2, 0) is 30.6 Å². The molecule has 1 amide bonds. The standard InChI is InChI=1S/C24H27N3O6S3/c28-24(25-13-17-34-19-20-8-7-16-33-20)23-18-26(35(29,30)21-9-3-1-4-10-21)14-15-27(23)36(31,32)22-11-5-2-6-12-22/h1-12,16,23H,13-15,17-19H2,(H,25,28)/t23-/m1/s1. The molecule has 2 aromatic carbocycles. The highest BCUT2D eigenvalue weighted by molar-refractivity contribution is 7.98. The molecule has 1 saturated heterocycles. The van der Waals surface area contributed by atoms with Gasteiger partial charge in [0.15, 0.2) is 0 Å². The molecule has 36 heavy (non-hydrogen) atoms. The fourth-order valence-electron chi connectivity index (χ4n) is 3.86. The van der Waals surface area contributed by atoms with Gasteiger partial charge in [-0.05, 0) is 36.4 Å². The Bertz CT molecular complexity index is 1350. The first-order chi connectivity index (χ1) is 17.3. The van der Waals surface area contributed by atoms with Crippen molar-refractivity contribution in [3.05, 3.63) is 84.8 Å². The number of rotatable bonds is 10. The molecular weight excluding hydrogens is 522 g/mol. The van der Waals surface area contributed by atoms with Gasteiger partial charge in [-0.25, -0.2) is 16.8 Å². The quantitative estimate of drug-likeness (QED) is 0.386. The maximum absolute atomic E-state index is 13.4. The molecule has 0 saturated carbocycles. The van der Waals surface area contributed by atoms with Crippen LogP contribution in [0, 0.1) is 0 Å². The highest BCUT2D eigenvalue weighted by Gasteiger charge is 2.43. The smallest absolute Gasteiger partial charge is 0.243 e. The Labute approximate surface area is 215 Å². The van der Waals surface area contributed by atoms with Crippen LogP contribution in [0.2, 0.25) is 0 Å². The predicted octanol–water partition coefficient (Wildman–Crippen LogP) is 2.39. The summed E-state index contributed by atoms with van der Waals surface area (Å²) in [5, 5.41) is 2.78. The van der Waals surface area contributed by atoms with Crippen LogP contribution in [0.3, 0.4) is 0 Å². The molecule has 192 valence electrons. The Morgan fingerprint density at radius 3 is 2.14 bits per heavy atom. The molecule has 12 heteroatoms. The van der Waals surface area contributed by atoms with Gasteiger partial charge in [0.1, 0.15) is 11.8 Å². The van der Waals surface area contributed by atoms with Crippen LogP contribution in [-0.4, -0.2) is 69.3 Å². The van der Waals surface area contributed by atoms with Gasteiger partial charge in [0.25, 0.3) is 0 Å². The summed E-state index contributed by atoms with van der Waals surface area (Å²) < 4.78 is 60.8. The number of piperazine rings is 1. The SMILES string of the molecule is O=C(NCCSCc1ccco1)[C@H]1CN(S(=O)(=O)c2ccccc2)CCN1S(=O)(=O)c1ccccc1. The number of benzene rings is 2. The van der Waals surface area contributed by atoms with Gasteiger partial charge in [-0.3, -0.25) is 4.79 Å². The second-order valence-electron chi connectivity index (χ2n) is 8.04. The third kappa shape index (κ3) is 6.01. The van der Waals surface area contributed by atoms with Crippen molar-refractivity contribution in [3.8, 4) is 0 Å². The lowest BCUT2D eigenvalue weighted by Gasteiger charge is -2.38. The molecule has 1 aliphatic heterocycles. The number of carbonyl (C=O) groups excluding carboxylic acids is 1. The first-order valence-electron chi connectivity index (χ1n) is 11.3. The van der Waals surface area contributed by atoms with Crippen molar-refractivity contribution >= 4 is 37.7 Å². The minimum Gasteiger partial charge on any atom is -0.468 e. The largest absolute Gasteiger partial charge is 0.468 e. The van der Waals surface area contributed by atoms with E-state index in [-0.39, 0.29) is 29.4 Å². The molecule has 1 atom stereocenters. The molecule has 0 spiro atoms. The van der Waals surface area contributed by atoms with E-state index in [1.165, 1.54) is 28.6 Å². The van der Waals surface area contributed by atoms with E-state index in [9.17, 15) is 21.6 Å². The van der Waals surface area contributed by atoms with Crippen molar-refractivity contribution in [2.45, 2.75) is 21.6 Å². The number of amides is 1. The molecule has 1 aromatic heterocycles. The zero-order valence-corrected chi connectivity index (χ0v) is 21.8. The molecule has 1 aliphatic rings. The number of nitrogens with one attached hydrogen (secondary N) is 1. The molecule has 3 aromatic rings. The molecule has 1 N–H and O–H groups in total. The Morgan fingerprint density at radius 2 is 1.53 bits per heavy atom.